The Balaban J connectivity index is 3.07. The highest BCUT2D eigenvalue weighted by atomic mass is 35.5. The largest absolute Gasteiger partial charge is 0.291 e. The van der Waals surface area contributed by atoms with E-state index in [0.29, 0.717) is 5.69 Å². The molecule has 0 aromatic heterocycles. The van der Waals surface area contributed by atoms with Crippen molar-refractivity contribution in [3.8, 4) is 6.19 Å². The van der Waals surface area contributed by atoms with Gasteiger partial charge in [0.05, 0.1) is 15.6 Å². The Morgan fingerprint density at radius 1 is 1.62 bits per heavy atom. The molecule has 1 aromatic rings. The lowest BCUT2D eigenvalue weighted by molar-refractivity contribution is -0.384. The van der Waals surface area contributed by atoms with Crippen molar-refractivity contribution in [2.45, 2.75) is 0 Å². The average molecular weight is 198 g/mol. The third-order valence-corrected chi connectivity index (χ3v) is 1.67. The zero-order chi connectivity index (χ0) is 9.84. The Morgan fingerprint density at radius 2 is 2.31 bits per heavy atom. The van der Waals surface area contributed by atoms with Crippen LogP contribution in [0.1, 0.15) is 0 Å². The highest BCUT2D eigenvalue weighted by Crippen LogP contribution is 2.25. The van der Waals surface area contributed by atoms with E-state index in [1.165, 1.54) is 18.2 Å². The molecule has 1 N–H and O–H groups in total. The molecule has 0 aliphatic carbocycles. The summed E-state index contributed by atoms with van der Waals surface area (Å²) in [6.45, 7) is 0. The summed E-state index contributed by atoms with van der Waals surface area (Å²) in [6.07, 6.45) is 1.67. The van der Waals surface area contributed by atoms with Crippen molar-refractivity contribution < 1.29 is 4.92 Å². The molecule has 0 radical (unpaired) electrons. The summed E-state index contributed by atoms with van der Waals surface area (Å²) in [7, 11) is 0. The second kappa shape index (κ2) is 3.74. The van der Waals surface area contributed by atoms with Crippen molar-refractivity contribution in [3.63, 3.8) is 0 Å². The average Bonchev–Trinajstić information content (AvgIpc) is 2.08. The summed E-state index contributed by atoms with van der Waals surface area (Å²) < 4.78 is 0. The van der Waals surface area contributed by atoms with Gasteiger partial charge in [0, 0.05) is 12.1 Å². The minimum absolute atomic E-state index is 0.103. The lowest BCUT2D eigenvalue weighted by Crippen LogP contribution is -1.91. The van der Waals surface area contributed by atoms with E-state index >= 15 is 0 Å². The number of nitrogens with zero attached hydrogens (tertiary/aromatic N) is 2. The van der Waals surface area contributed by atoms with Crippen molar-refractivity contribution >= 4 is 23.0 Å². The van der Waals surface area contributed by atoms with Crippen LogP contribution in [0.5, 0.6) is 0 Å². The van der Waals surface area contributed by atoms with Crippen LogP contribution in [-0.2, 0) is 0 Å². The number of nitrogens with one attached hydrogen (secondary N) is 1. The first-order chi connectivity index (χ1) is 6.15. The summed E-state index contributed by atoms with van der Waals surface area (Å²) in [5.41, 5.74) is 0.253. The number of nitriles is 1. The van der Waals surface area contributed by atoms with Crippen molar-refractivity contribution in [2.75, 3.05) is 5.32 Å². The van der Waals surface area contributed by atoms with Crippen LogP contribution < -0.4 is 5.32 Å². The molecule has 0 bridgehead atoms. The van der Waals surface area contributed by atoms with Crippen LogP contribution in [0, 0.1) is 21.6 Å². The SMILES string of the molecule is N#CNc1ccc([N+](=O)[O-])cc1Cl. The Hall–Kier alpha value is -1.80. The minimum Gasteiger partial charge on any atom is -0.291 e. The topological polar surface area (TPSA) is 79.0 Å². The van der Waals surface area contributed by atoms with Gasteiger partial charge in [-0.05, 0) is 6.07 Å². The number of hydrogen-bond donors (Lipinski definition) is 1. The highest BCUT2D eigenvalue weighted by molar-refractivity contribution is 6.33. The molecule has 0 saturated carbocycles. The van der Waals surface area contributed by atoms with E-state index in [-0.39, 0.29) is 10.7 Å². The Labute approximate surface area is 78.7 Å². The maximum Gasteiger partial charge on any atom is 0.271 e. The normalized spacial score (nSPS) is 8.92. The van der Waals surface area contributed by atoms with E-state index in [1.807, 2.05) is 0 Å². The molecule has 13 heavy (non-hydrogen) atoms. The molecule has 6 heteroatoms. The number of non-ortho nitro benzene ring substituents is 1. The molecule has 0 amide bonds. The molecule has 0 fully saturated rings. The smallest absolute Gasteiger partial charge is 0.271 e. The van der Waals surface area contributed by atoms with E-state index in [4.69, 9.17) is 16.9 Å². The van der Waals surface area contributed by atoms with Gasteiger partial charge in [0.1, 0.15) is 0 Å². The first-order valence-electron chi connectivity index (χ1n) is 3.24. The van der Waals surface area contributed by atoms with Gasteiger partial charge in [0.2, 0.25) is 0 Å². The maximum atomic E-state index is 10.3. The van der Waals surface area contributed by atoms with Gasteiger partial charge < -0.3 is 0 Å². The lowest BCUT2D eigenvalue weighted by Gasteiger charge is -1.99. The quantitative estimate of drug-likeness (QED) is 0.341. The van der Waals surface area contributed by atoms with E-state index in [0.717, 1.165) is 0 Å². The zero-order valence-corrected chi connectivity index (χ0v) is 7.08. The molecule has 0 unspecified atom stereocenters. The first kappa shape index (κ1) is 9.29. The summed E-state index contributed by atoms with van der Waals surface area (Å²) >= 11 is 5.63. The predicted octanol–water partition coefficient (Wildman–Crippen LogP) is 2.14. The molecule has 1 rings (SSSR count). The summed E-state index contributed by atoms with van der Waals surface area (Å²) in [5, 5.41) is 21.0. The summed E-state index contributed by atoms with van der Waals surface area (Å²) in [6, 6.07) is 3.83. The number of nitro benzene ring substituents is 1. The molecule has 0 aliphatic rings. The highest BCUT2D eigenvalue weighted by Gasteiger charge is 2.08. The van der Waals surface area contributed by atoms with E-state index in [2.05, 4.69) is 5.32 Å². The molecule has 5 nitrogen and oxygen atoms in total. The zero-order valence-electron chi connectivity index (χ0n) is 6.32. The number of hydrogen-bond acceptors (Lipinski definition) is 4. The molecule has 0 heterocycles. The van der Waals surface area contributed by atoms with Crippen molar-refractivity contribution in [3.05, 3.63) is 33.3 Å². The van der Waals surface area contributed by atoms with E-state index in [9.17, 15) is 10.1 Å². The number of halogens is 1. The van der Waals surface area contributed by atoms with Crippen LogP contribution in [0.2, 0.25) is 5.02 Å². The summed E-state index contributed by atoms with van der Waals surface area (Å²) in [5.74, 6) is 0. The lowest BCUT2D eigenvalue weighted by atomic mass is 10.3. The third kappa shape index (κ3) is 2.07. The van der Waals surface area contributed by atoms with Crippen LogP contribution in [0.15, 0.2) is 18.2 Å². The standard InChI is InChI=1S/C7H4ClN3O2/c8-6-3-5(11(12)13)1-2-7(6)10-4-9/h1-3,10H. The van der Waals surface area contributed by atoms with Crippen LogP contribution in [-0.4, -0.2) is 4.92 Å². The van der Waals surface area contributed by atoms with Gasteiger partial charge in [-0.3, -0.25) is 15.4 Å². The van der Waals surface area contributed by atoms with Crippen LogP contribution in [0.3, 0.4) is 0 Å². The van der Waals surface area contributed by atoms with Gasteiger partial charge >= 0.3 is 0 Å². The second-order valence-electron chi connectivity index (χ2n) is 2.16. The van der Waals surface area contributed by atoms with Crippen molar-refractivity contribution in [1.82, 2.24) is 0 Å². The molecule has 0 spiro atoms. The fraction of sp³-hybridized carbons (Fsp3) is 0. The molecule has 66 valence electrons. The van der Waals surface area contributed by atoms with Gasteiger partial charge in [-0.15, -0.1) is 0 Å². The van der Waals surface area contributed by atoms with E-state index < -0.39 is 4.92 Å². The molecule has 0 aliphatic heterocycles. The summed E-state index contributed by atoms with van der Waals surface area (Å²) in [4.78, 5) is 9.73. The fourth-order valence-electron chi connectivity index (χ4n) is 0.779. The van der Waals surface area contributed by atoms with Gasteiger partial charge in [-0.25, -0.2) is 0 Å². The minimum atomic E-state index is -0.554. The Bertz CT molecular complexity index is 386. The van der Waals surface area contributed by atoms with Gasteiger partial charge in [-0.2, -0.15) is 5.26 Å². The Morgan fingerprint density at radius 3 is 2.77 bits per heavy atom. The number of anilines is 1. The van der Waals surface area contributed by atoms with Crippen molar-refractivity contribution in [2.24, 2.45) is 0 Å². The predicted molar refractivity (Wildman–Crippen MR) is 47.3 cm³/mol. The maximum absolute atomic E-state index is 10.3. The monoisotopic (exact) mass is 197 g/mol. The van der Waals surface area contributed by atoms with E-state index in [1.54, 1.807) is 6.19 Å². The molecule has 0 atom stereocenters. The van der Waals surface area contributed by atoms with Gasteiger partial charge in [0.25, 0.3) is 5.69 Å². The number of benzene rings is 1. The number of nitro groups is 1. The third-order valence-electron chi connectivity index (χ3n) is 1.35. The van der Waals surface area contributed by atoms with Gasteiger partial charge in [-0.1, -0.05) is 11.6 Å². The van der Waals surface area contributed by atoms with Crippen molar-refractivity contribution in [1.29, 1.82) is 5.26 Å². The van der Waals surface area contributed by atoms with Gasteiger partial charge in [0.15, 0.2) is 6.19 Å². The molecular formula is C7H4ClN3O2. The first-order valence-corrected chi connectivity index (χ1v) is 3.62. The number of rotatable bonds is 2. The van der Waals surface area contributed by atoms with Crippen LogP contribution in [0.4, 0.5) is 11.4 Å². The Kier molecular flexibility index (Phi) is 2.67. The fourth-order valence-corrected chi connectivity index (χ4v) is 1.00. The molecular weight excluding hydrogens is 194 g/mol. The molecule has 1 aromatic carbocycles. The molecule has 0 saturated heterocycles. The van der Waals surface area contributed by atoms with Crippen LogP contribution in [0.25, 0.3) is 0 Å². The second-order valence-corrected chi connectivity index (χ2v) is 2.57. The van der Waals surface area contributed by atoms with Crippen LogP contribution >= 0.6 is 11.6 Å².